The summed E-state index contributed by atoms with van der Waals surface area (Å²) in [5.41, 5.74) is 1.95. The molecule has 1 aromatic heterocycles. The van der Waals surface area contributed by atoms with Crippen molar-refractivity contribution in [3.8, 4) is 0 Å². The molecule has 4 aromatic rings. The number of aliphatic hydroxyl groups is 3. The lowest BCUT2D eigenvalue weighted by molar-refractivity contribution is 0.0951. The number of H-pyrrole nitrogens is 1. The number of benzene rings is 3. The average molecular weight is 432 g/mol. The number of carbonyl (C=O) groups is 1. The number of fused-ring (bicyclic) bond motifs is 1. The van der Waals surface area contributed by atoms with Crippen LogP contribution in [0.2, 0.25) is 0 Å². The fraction of sp³-hybridized carbons (Fsp3) is 0.120. The quantitative estimate of drug-likeness (QED) is 0.206. The Balaban J connectivity index is 1.98. The third kappa shape index (κ3) is 3.79. The molecule has 1 heterocycles. The summed E-state index contributed by atoms with van der Waals surface area (Å²) >= 11 is 0. The first-order valence-corrected chi connectivity index (χ1v) is 9.98. The van der Waals surface area contributed by atoms with Gasteiger partial charge in [-0.05, 0) is 42.3 Å². The van der Waals surface area contributed by atoms with E-state index in [9.17, 15) is 24.5 Å². The fourth-order valence-corrected chi connectivity index (χ4v) is 3.68. The van der Waals surface area contributed by atoms with E-state index in [1.165, 1.54) is 24.3 Å². The van der Waals surface area contributed by atoms with Crippen molar-refractivity contribution in [2.45, 2.75) is 13.0 Å². The van der Waals surface area contributed by atoms with Gasteiger partial charge in [0.1, 0.15) is 29.1 Å². The van der Waals surface area contributed by atoms with Crippen LogP contribution in [0.25, 0.3) is 22.4 Å². The Hall–Kier alpha value is -3.81. The molecule has 0 spiro atoms. The van der Waals surface area contributed by atoms with E-state index < -0.39 is 30.1 Å². The summed E-state index contributed by atoms with van der Waals surface area (Å²) in [6.07, 6.45) is -1.15. The summed E-state index contributed by atoms with van der Waals surface area (Å²) in [5, 5.41) is 30.7. The Bertz CT molecular complexity index is 1310. The third-order valence-corrected chi connectivity index (χ3v) is 5.37. The summed E-state index contributed by atoms with van der Waals surface area (Å²) < 4.78 is 14.5. The number of aromatic amines is 1. The second-order valence-corrected chi connectivity index (χ2v) is 7.35. The van der Waals surface area contributed by atoms with Crippen LogP contribution >= 0.6 is 0 Å². The molecule has 0 radical (unpaired) electrons. The molecule has 0 saturated carbocycles. The van der Waals surface area contributed by atoms with Crippen LogP contribution in [0.5, 0.6) is 0 Å². The van der Waals surface area contributed by atoms with Crippen molar-refractivity contribution in [3.05, 3.63) is 101 Å². The zero-order valence-electron chi connectivity index (χ0n) is 17.2. The zero-order valence-corrected chi connectivity index (χ0v) is 17.2. The van der Waals surface area contributed by atoms with Gasteiger partial charge in [0, 0.05) is 5.56 Å². The van der Waals surface area contributed by atoms with Gasteiger partial charge in [0.25, 0.3) is 0 Å². The molecule has 7 heteroatoms. The van der Waals surface area contributed by atoms with Crippen molar-refractivity contribution < 1.29 is 24.5 Å². The number of nitrogens with one attached hydrogen (secondary N) is 1. The molecule has 1 atom stereocenters. The van der Waals surface area contributed by atoms with Crippen LogP contribution in [0.1, 0.15) is 39.0 Å². The molecule has 3 aromatic carbocycles. The SMILES string of the molecule is Cc1c(C(O)=C(C(=O)c2ccccc2F)c2nc3ccccc3[nH]2)cccc1[C@@H](O)CO. The highest BCUT2D eigenvalue weighted by molar-refractivity contribution is 6.33. The van der Waals surface area contributed by atoms with Crippen LogP contribution < -0.4 is 0 Å². The van der Waals surface area contributed by atoms with Gasteiger partial charge >= 0.3 is 0 Å². The van der Waals surface area contributed by atoms with Gasteiger partial charge < -0.3 is 20.3 Å². The molecular formula is C25H21FN2O4. The Morgan fingerprint density at radius 3 is 2.44 bits per heavy atom. The van der Waals surface area contributed by atoms with Crippen LogP contribution in [0, 0.1) is 12.7 Å². The van der Waals surface area contributed by atoms with E-state index in [1.807, 2.05) is 0 Å². The monoisotopic (exact) mass is 432 g/mol. The number of allylic oxidation sites excluding steroid dienone is 1. The van der Waals surface area contributed by atoms with Gasteiger partial charge in [-0.3, -0.25) is 4.79 Å². The molecule has 6 nitrogen and oxygen atoms in total. The van der Waals surface area contributed by atoms with E-state index in [4.69, 9.17) is 0 Å². The molecule has 0 amide bonds. The number of hydrogen-bond donors (Lipinski definition) is 4. The molecule has 0 aliphatic rings. The lowest BCUT2D eigenvalue weighted by Gasteiger charge is -2.16. The second kappa shape index (κ2) is 8.74. The van der Waals surface area contributed by atoms with Crippen LogP contribution in [-0.4, -0.2) is 37.7 Å². The summed E-state index contributed by atoms with van der Waals surface area (Å²) in [6, 6.07) is 17.4. The highest BCUT2D eigenvalue weighted by Crippen LogP contribution is 2.32. The minimum atomic E-state index is -1.15. The van der Waals surface area contributed by atoms with Gasteiger partial charge in [-0.2, -0.15) is 0 Å². The van der Waals surface area contributed by atoms with Crippen molar-refractivity contribution >= 4 is 28.1 Å². The molecule has 4 N–H and O–H groups in total. The number of hydrogen-bond acceptors (Lipinski definition) is 5. The number of rotatable bonds is 6. The fourth-order valence-electron chi connectivity index (χ4n) is 3.68. The predicted molar refractivity (Wildman–Crippen MR) is 119 cm³/mol. The van der Waals surface area contributed by atoms with Gasteiger partial charge in [0.2, 0.25) is 5.78 Å². The smallest absolute Gasteiger partial charge is 0.203 e. The molecule has 0 aliphatic heterocycles. The van der Waals surface area contributed by atoms with Crippen molar-refractivity contribution in [2.24, 2.45) is 0 Å². The van der Waals surface area contributed by atoms with Gasteiger partial charge in [0.05, 0.1) is 23.2 Å². The topological polar surface area (TPSA) is 106 Å². The maximum Gasteiger partial charge on any atom is 0.203 e. The van der Waals surface area contributed by atoms with E-state index in [0.717, 1.165) is 0 Å². The van der Waals surface area contributed by atoms with Crippen LogP contribution in [0.15, 0.2) is 66.7 Å². The summed E-state index contributed by atoms with van der Waals surface area (Å²) in [4.78, 5) is 20.9. The molecule has 0 unspecified atom stereocenters. The zero-order chi connectivity index (χ0) is 22.8. The Labute approximate surface area is 183 Å². The number of imidazole rings is 1. The summed E-state index contributed by atoms with van der Waals surface area (Å²) in [5.74, 6) is -1.79. The summed E-state index contributed by atoms with van der Waals surface area (Å²) in [6.45, 7) is 1.16. The number of halogens is 1. The molecular weight excluding hydrogens is 411 g/mol. The average Bonchev–Trinajstić information content (AvgIpc) is 3.22. The van der Waals surface area contributed by atoms with E-state index in [1.54, 1.807) is 49.4 Å². The van der Waals surface area contributed by atoms with Crippen LogP contribution in [0.3, 0.4) is 0 Å². The van der Waals surface area contributed by atoms with Crippen molar-refractivity contribution in [1.29, 1.82) is 0 Å². The first-order valence-electron chi connectivity index (χ1n) is 9.98. The largest absolute Gasteiger partial charge is 0.506 e. The summed E-state index contributed by atoms with van der Waals surface area (Å²) in [7, 11) is 0. The second-order valence-electron chi connectivity index (χ2n) is 7.35. The van der Waals surface area contributed by atoms with Gasteiger partial charge in [0.15, 0.2) is 0 Å². The molecule has 0 aliphatic carbocycles. The van der Waals surface area contributed by atoms with Gasteiger partial charge in [-0.25, -0.2) is 9.37 Å². The number of aromatic nitrogens is 2. The van der Waals surface area contributed by atoms with Crippen molar-refractivity contribution in [1.82, 2.24) is 9.97 Å². The van der Waals surface area contributed by atoms with E-state index >= 15 is 0 Å². The van der Waals surface area contributed by atoms with Crippen LogP contribution in [0.4, 0.5) is 4.39 Å². The Morgan fingerprint density at radius 1 is 1.03 bits per heavy atom. The van der Waals surface area contributed by atoms with Gasteiger partial charge in [-0.1, -0.05) is 42.5 Å². The maximum absolute atomic E-state index is 14.5. The number of Topliss-reactive ketones (excluding diaryl/α,β-unsaturated/α-hetero) is 1. The first-order chi connectivity index (χ1) is 15.4. The van der Waals surface area contributed by atoms with E-state index in [2.05, 4.69) is 9.97 Å². The number of nitrogens with zero attached hydrogens (tertiary/aromatic N) is 1. The Morgan fingerprint density at radius 2 is 1.72 bits per heavy atom. The normalized spacial score (nSPS) is 13.1. The Kier molecular flexibility index (Phi) is 5.85. The lowest BCUT2D eigenvalue weighted by Crippen LogP contribution is -2.11. The molecule has 32 heavy (non-hydrogen) atoms. The molecule has 4 rings (SSSR count). The lowest BCUT2D eigenvalue weighted by atomic mass is 9.93. The highest BCUT2D eigenvalue weighted by atomic mass is 19.1. The minimum Gasteiger partial charge on any atom is -0.506 e. The number of carbonyl (C=O) groups excluding carboxylic acids is 1. The molecule has 0 bridgehead atoms. The minimum absolute atomic E-state index is 0.0875. The van der Waals surface area contributed by atoms with Crippen molar-refractivity contribution in [3.63, 3.8) is 0 Å². The number of para-hydroxylation sites is 2. The standard InChI is InChI=1S/C25H21FN2O4/c1-14-15(21(30)13-29)8-6-9-16(14)23(31)22(24(32)17-7-2-3-10-18(17)26)25-27-19-11-4-5-12-20(19)28-25/h2-12,21,29-31H,13H2,1H3,(H,27,28)/t21-/m0/s1. The first kappa shape index (κ1) is 21.4. The van der Waals surface area contributed by atoms with E-state index in [0.29, 0.717) is 22.2 Å². The third-order valence-electron chi connectivity index (χ3n) is 5.37. The number of ketones is 1. The molecule has 162 valence electrons. The number of aliphatic hydroxyl groups excluding tert-OH is 3. The highest BCUT2D eigenvalue weighted by Gasteiger charge is 2.27. The van der Waals surface area contributed by atoms with Crippen LogP contribution in [-0.2, 0) is 0 Å². The predicted octanol–water partition coefficient (Wildman–Crippen LogP) is 4.35. The van der Waals surface area contributed by atoms with Crippen molar-refractivity contribution in [2.75, 3.05) is 6.61 Å². The van der Waals surface area contributed by atoms with Gasteiger partial charge in [-0.15, -0.1) is 0 Å². The molecule has 0 fully saturated rings. The van der Waals surface area contributed by atoms with E-state index in [-0.39, 0.29) is 22.5 Å². The maximum atomic E-state index is 14.5. The molecule has 0 saturated heterocycles.